The van der Waals surface area contributed by atoms with E-state index in [2.05, 4.69) is 59.5 Å². The molecule has 1 aliphatic rings. The number of anilines is 1. The first-order valence-corrected chi connectivity index (χ1v) is 8.09. The van der Waals surface area contributed by atoms with E-state index in [0.29, 0.717) is 12.1 Å². The highest BCUT2D eigenvalue weighted by Gasteiger charge is 2.24. The standard InChI is InChI=1S/C18H25N3/c1-3-19-15-8-10-16(11-9-15)21(2)18-17-7-5-4-6-14(17)12-13-20-18/h4-7,12-13,15-16,19H,3,8-11H2,1-2H3. The molecule has 0 amide bonds. The summed E-state index contributed by atoms with van der Waals surface area (Å²) >= 11 is 0. The number of fused-ring (bicyclic) bond motifs is 1. The topological polar surface area (TPSA) is 28.2 Å². The minimum Gasteiger partial charge on any atom is -0.356 e. The zero-order valence-electron chi connectivity index (χ0n) is 13.0. The van der Waals surface area contributed by atoms with Crippen molar-refractivity contribution in [2.45, 2.75) is 44.7 Å². The summed E-state index contributed by atoms with van der Waals surface area (Å²) in [5.74, 6) is 1.13. The molecule has 0 spiro atoms. The van der Waals surface area contributed by atoms with Gasteiger partial charge in [0.15, 0.2) is 0 Å². The monoisotopic (exact) mass is 283 g/mol. The molecular weight excluding hydrogens is 258 g/mol. The van der Waals surface area contributed by atoms with Crippen LogP contribution in [0.5, 0.6) is 0 Å². The number of hydrogen-bond acceptors (Lipinski definition) is 3. The molecule has 1 heterocycles. The van der Waals surface area contributed by atoms with Gasteiger partial charge in [-0.1, -0.05) is 31.2 Å². The van der Waals surface area contributed by atoms with Gasteiger partial charge in [-0.15, -0.1) is 0 Å². The summed E-state index contributed by atoms with van der Waals surface area (Å²) in [6.45, 7) is 3.27. The summed E-state index contributed by atoms with van der Waals surface area (Å²) in [7, 11) is 2.20. The van der Waals surface area contributed by atoms with Gasteiger partial charge in [0.1, 0.15) is 5.82 Å². The van der Waals surface area contributed by atoms with Crippen LogP contribution in [0.2, 0.25) is 0 Å². The Hall–Kier alpha value is -1.61. The van der Waals surface area contributed by atoms with Crippen LogP contribution in [0.4, 0.5) is 5.82 Å². The molecule has 1 fully saturated rings. The Morgan fingerprint density at radius 3 is 2.67 bits per heavy atom. The minimum absolute atomic E-state index is 0.609. The molecule has 0 saturated heterocycles. The third-order valence-corrected chi connectivity index (χ3v) is 4.72. The molecule has 1 aromatic heterocycles. The molecule has 3 nitrogen and oxygen atoms in total. The lowest BCUT2D eigenvalue weighted by Gasteiger charge is -2.36. The number of hydrogen-bond donors (Lipinski definition) is 1. The molecule has 21 heavy (non-hydrogen) atoms. The van der Waals surface area contributed by atoms with E-state index in [9.17, 15) is 0 Å². The average molecular weight is 283 g/mol. The fourth-order valence-corrected chi connectivity index (χ4v) is 3.51. The van der Waals surface area contributed by atoms with Crippen molar-refractivity contribution in [1.29, 1.82) is 0 Å². The number of pyridine rings is 1. The van der Waals surface area contributed by atoms with Crippen molar-refractivity contribution < 1.29 is 0 Å². The summed E-state index contributed by atoms with van der Waals surface area (Å²) < 4.78 is 0. The van der Waals surface area contributed by atoms with Crippen molar-refractivity contribution in [3.63, 3.8) is 0 Å². The minimum atomic E-state index is 0.609. The van der Waals surface area contributed by atoms with Crippen LogP contribution in [0.25, 0.3) is 10.8 Å². The van der Waals surface area contributed by atoms with Crippen LogP contribution < -0.4 is 10.2 Å². The van der Waals surface area contributed by atoms with E-state index in [1.54, 1.807) is 0 Å². The van der Waals surface area contributed by atoms with E-state index in [0.717, 1.165) is 12.4 Å². The Bertz CT molecular complexity index is 583. The molecule has 1 aliphatic carbocycles. The second-order valence-electron chi connectivity index (χ2n) is 6.03. The molecule has 0 radical (unpaired) electrons. The van der Waals surface area contributed by atoms with E-state index in [4.69, 9.17) is 0 Å². The van der Waals surface area contributed by atoms with Gasteiger partial charge >= 0.3 is 0 Å². The lowest BCUT2D eigenvalue weighted by atomic mass is 9.90. The Balaban J connectivity index is 1.77. The molecule has 3 rings (SSSR count). The molecule has 3 heteroatoms. The van der Waals surface area contributed by atoms with Gasteiger partial charge < -0.3 is 10.2 Å². The quantitative estimate of drug-likeness (QED) is 0.929. The molecule has 1 saturated carbocycles. The summed E-state index contributed by atoms with van der Waals surface area (Å²) in [6.07, 6.45) is 6.97. The Kier molecular flexibility index (Phi) is 4.39. The maximum Gasteiger partial charge on any atom is 0.136 e. The Labute approximate surface area is 127 Å². The van der Waals surface area contributed by atoms with E-state index in [1.165, 1.54) is 36.5 Å². The molecule has 0 bridgehead atoms. The van der Waals surface area contributed by atoms with E-state index in [-0.39, 0.29) is 0 Å². The predicted octanol–water partition coefficient (Wildman–Crippen LogP) is 3.59. The third-order valence-electron chi connectivity index (χ3n) is 4.72. The third kappa shape index (κ3) is 3.03. The van der Waals surface area contributed by atoms with Crippen LogP contribution in [-0.4, -0.2) is 30.7 Å². The van der Waals surface area contributed by atoms with Crippen LogP contribution in [0.3, 0.4) is 0 Å². The Morgan fingerprint density at radius 2 is 1.90 bits per heavy atom. The Morgan fingerprint density at radius 1 is 1.14 bits per heavy atom. The van der Waals surface area contributed by atoms with Crippen LogP contribution in [0.15, 0.2) is 36.5 Å². The second kappa shape index (κ2) is 6.44. The first-order chi connectivity index (χ1) is 10.3. The normalized spacial score (nSPS) is 22.4. The first kappa shape index (κ1) is 14.3. The number of rotatable bonds is 4. The molecule has 0 unspecified atom stereocenters. The smallest absolute Gasteiger partial charge is 0.136 e. The second-order valence-corrected chi connectivity index (χ2v) is 6.03. The maximum atomic E-state index is 4.65. The molecule has 1 aromatic carbocycles. The van der Waals surface area contributed by atoms with Crippen LogP contribution in [0.1, 0.15) is 32.6 Å². The van der Waals surface area contributed by atoms with E-state index in [1.807, 2.05) is 6.20 Å². The summed E-state index contributed by atoms with van der Waals surface area (Å²) in [5.41, 5.74) is 0. The number of aromatic nitrogens is 1. The van der Waals surface area contributed by atoms with Crippen LogP contribution in [0, 0.1) is 0 Å². The molecule has 0 aliphatic heterocycles. The summed E-state index contributed by atoms with van der Waals surface area (Å²) in [6, 6.07) is 11.9. The maximum absolute atomic E-state index is 4.65. The van der Waals surface area contributed by atoms with Gasteiger partial charge in [0.2, 0.25) is 0 Å². The zero-order valence-corrected chi connectivity index (χ0v) is 13.0. The highest BCUT2D eigenvalue weighted by Crippen LogP contribution is 2.29. The van der Waals surface area contributed by atoms with Crippen LogP contribution in [-0.2, 0) is 0 Å². The number of benzene rings is 1. The molecule has 112 valence electrons. The van der Waals surface area contributed by atoms with Crippen molar-refractivity contribution in [3.05, 3.63) is 36.5 Å². The van der Waals surface area contributed by atoms with E-state index >= 15 is 0 Å². The average Bonchev–Trinajstić information content (AvgIpc) is 2.55. The molecular formula is C18H25N3. The van der Waals surface area contributed by atoms with Gasteiger partial charge in [-0.2, -0.15) is 0 Å². The largest absolute Gasteiger partial charge is 0.356 e. The summed E-state index contributed by atoms with van der Waals surface area (Å²) in [5, 5.41) is 6.11. The van der Waals surface area contributed by atoms with Gasteiger partial charge in [0.25, 0.3) is 0 Å². The highest BCUT2D eigenvalue weighted by atomic mass is 15.2. The van der Waals surface area contributed by atoms with Crippen LogP contribution >= 0.6 is 0 Å². The van der Waals surface area contributed by atoms with Crippen molar-refractivity contribution in [3.8, 4) is 0 Å². The van der Waals surface area contributed by atoms with Gasteiger partial charge in [-0.3, -0.25) is 0 Å². The van der Waals surface area contributed by atoms with Crippen molar-refractivity contribution >= 4 is 16.6 Å². The van der Waals surface area contributed by atoms with Gasteiger partial charge in [-0.05, 0) is 43.7 Å². The zero-order chi connectivity index (χ0) is 14.7. The highest BCUT2D eigenvalue weighted by molar-refractivity contribution is 5.92. The van der Waals surface area contributed by atoms with E-state index < -0.39 is 0 Å². The number of nitrogens with zero attached hydrogens (tertiary/aromatic N) is 2. The van der Waals surface area contributed by atoms with Crippen molar-refractivity contribution in [2.75, 3.05) is 18.5 Å². The predicted molar refractivity (Wildman–Crippen MR) is 89.9 cm³/mol. The number of nitrogens with one attached hydrogen (secondary N) is 1. The van der Waals surface area contributed by atoms with Gasteiger partial charge in [-0.25, -0.2) is 4.98 Å². The fraction of sp³-hybridized carbons (Fsp3) is 0.500. The lowest BCUT2D eigenvalue weighted by Crippen LogP contribution is -2.41. The van der Waals surface area contributed by atoms with Crippen molar-refractivity contribution in [1.82, 2.24) is 10.3 Å². The summed E-state index contributed by atoms with van der Waals surface area (Å²) in [4.78, 5) is 7.04. The molecule has 1 N–H and O–H groups in total. The lowest BCUT2D eigenvalue weighted by molar-refractivity contribution is 0.341. The SMILES string of the molecule is CCNC1CCC(N(C)c2nccc3ccccc23)CC1. The van der Waals surface area contributed by atoms with Crippen molar-refractivity contribution in [2.24, 2.45) is 0 Å². The first-order valence-electron chi connectivity index (χ1n) is 8.09. The molecule has 0 atom stereocenters. The molecule has 2 aromatic rings. The fourth-order valence-electron chi connectivity index (χ4n) is 3.51. The van der Waals surface area contributed by atoms with Gasteiger partial charge in [0, 0.05) is 30.7 Å². The van der Waals surface area contributed by atoms with Gasteiger partial charge in [0.05, 0.1) is 0 Å².